The van der Waals surface area contributed by atoms with Gasteiger partial charge >= 0.3 is 6.03 Å². The molecule has 3 rings (SSSR count). The molecule has 0 bridgehead atoms. The normalized spacial score (nSPS) is 14.7. The Hall–Kier alpha value is -2.28. The van der Waals surface area contributed by atoms with Crippen molar-refractivity contribution in [2.24, 2.45) is 0 Å². The average Bonchev–Trinajstić information content (AvgIpc) is 3.14. The highest BCUT2D eigenvalue weighted by Gasteiger charge is 2.22. The van der Waals surface area contributed by atoms with Gasteiger partial charge in [-0.25, -0.2) is 9.78 Å². The van der Waals surface area contributed by atoms with Gasteiger partial charge in [0.2, 0.25) is 0 Å². The number of carbonyl (C=O) groups is 1. The second-order valence-corrected chi connectivity index (χ2v) is 6.13. The van der Waals surface area contributed by atoms with Crippen LogP contribution in [0.15, 0.2) is 35.8 Å². The van der Waals surface area contributed by atoms with Crippen LogP contribution in [0.5, 0.6) is 5.75 Å². The molecule has 1 N–H and O–H groups in total. The van der Waals surface area contributed by atoms with E-state index in [0.29, 0.717) is 19.6 Å². The van der Waals surface area contributed by atoms with Crippen LogP contribution in [0.25, 0.3) is 0 Å². The standard InChI is InChI=1S/C16H20N4O2S/c1-22-14-5-3-2-4-13(14)12-18-15(21)19-7-9-20(10-8-19)16-17-6-11-23-16/h2-6,11H,7-10,12H2,1H3,(H,18,21). The van der Waals surface area contributed by atoms with Crippen molar-refractivity contribution in [1.82, 2.24) is 15.2 Å². The smallest absolute Gasteiger partial charge is 0.317 e. The lowest BCUT2D eigenvalue weighted by Gasteiger charge is -2.34. The van der Waals surface area contributed by atoms with Crippen molar-refractivity contribution in [2.75, 3.05) is 38.2 Å². The Morgan fingerprint density at radius 2 is 2.09 bits per heavy atom. The van der Waals surface area contributed by atoms with Gasteiger partial charge in [0.15, 0.2) is 5.13 Å². The minimum absolute atomic E-state index is 0.0327. The van der Waals surface area contributed by atoms with E-state index in [1.807, 2.05) is 40.7 Å². The summed E-state index contributed by atoms with van der Waals surface area (Å²) in [6.07, 6.45) is 1.81. The van der Waals surface area contributed by atoms with Gasteiger partial charge < -0.3 is 19.9 Å². The molecule has 1 aliphatic rings. The number of piperazine rings is 1. The van der Waals surface area contributed by atoms with Gasteiger partial charge in [0.25, 0.3) is 0 Å². The maximum absolute atomic E-state index is 12.3. The zero-order valence-electron chi connectivity index (χ0n) is 13.1. The Kier molecular flexibility index (Phi) is 4.97. The van der Waals surface area contributed by atoms with E-state index >= 15 is 0 Å². The third-order valence-electron chi connectivity index (χ3n) is 3.88. The minimum atomic E-state index is -0.0327. The highest BCUT2D eigenvalue weighted by molar-refractivity contribution is 7.13. The van der Waals surface area contributed by atoms with Crippen molar-refractivity contribution in [3.63, 3.8) is 0 Å². The average molecular weight is 332 g/mol. The molecule has 122 valence electrons. The SMILES string of the molecule is COc1ccccc1CNC(=O)N1CCN(c2nccs2)CC1. The number of nitrogens with zero attached hydrogens (tertiary/aromatic N) is 3. The Morgan fingerprint density at radius 3 is 2.78 bits per heavy atom. The van der Waals surface area contributed by atoms with Crippen molar-refractivity contribution >= 4 is 22.5 Å². The summed E-state index contributed by atoms with van der Waals surface area (Å²) in [6, 6.07) is 7.68. The number of thiazole rings is 1. The van der Waals surface area contributed by atoms with Gasteiger partial charge in [-0.2, -0.15) is 0 Å². The molecular formula is C16H20N4O2S. The van der Waals surface area contributed by atoms with Crippen LogP contribution >= 0.6 is 11.3 Å². The molecule has 7 heteroatoms. The molecule has 23 heavy (non-hydrogen) atoms. The summed E-state index contributed by atoms with van der Waals surface area (Å²) in [5, 5.41) is 5.97. The molecule has 1 fully saturated rings. The molecule has 1 saturated heterocycles. The van der Waals surface area contributed by atoms with E-state index in [2.05, 4.69) is 15.2 Å². The van der Waals surface area contributed by atoms with Gasteiger partial charge in [0, 0.05) is 49.9 Å². The van der Waals surface area contributed by atoms with Crippen LogP contribution in [-0.2, 0) is 6.54 Å². The molecule has 0 unspecified atom stereocenters. The van der Waals surface area contributed by atoms with E-state index in [1.165, 1.54) is 0 Å². The van der Waals surface area contributed by atoms with Crippen molar-refractivity contribution in [1.29, 1.82) is 0 Å². The van der Waals surface area contributed by atoms with E-state index in [9.17, 15) is 4.79 Å². The number of ether oxygens (including phenoxy) is 1. The zero-order valence-corrected chi connectivity index (χ0v) is 13.9. The summed E-state index contributed by atoms with van der Waals surface area (Å²) in [6.45, 7) is 3.51. The molecule has 2 heterocycles. The van der Waals surface area contributed by atoms with E-state index in [4.69, 9.17) is 4.74 Å². The Bertz CT molecular complexity index is 639. The molecule has 0 aliphatic carbocycles. The second-order valence-electron chi connectivity index (χ2n) is 5.26. The summed E-state index contributed by atoms with van der Waals surface area (Å²) in [4.78, 5) is 20.7. The lowest BCUT2D eigenvalue weighted by molar-refractivity contribution is 0.194. The molecule has 0 spiro atoms. The highest BCUT2D eigenvalue weighted by atomic mass is 32.1. The fraction of sp³-hybridized carbons (Fsp3) is 0.375. The van der Waals surface area contributed by atoms with Crippen LogP contribution in [0.1, 0.15) is 5.56 Å². The maximum Gasteiger partial charge on any atom is 0.317 e. The summed E-state index contributed by atoms with van der Waals surface area (Å²) < 4.78 is 5.30. The lowest BCUT2D eigenvalue weighted by atomic mass is 10.2. The fourth-order valence-electron chi connectivity index (χ4n) is 2.60. The monoisotopic (exact) mass is 332 g/mol. The van der Waals surface area contributed by atoms with Crippen molar-refractivity contribution in [3.8, 4) is 5.75 Å². The molecule has 0 radical (unpaired) electrons. The van der Waals surface area contributed by atoms with Gasteiger partial charge in [-0.15, -0.1) is 11.3 Å². The number of urea groups is 1. The number of hydrogen-bond acceptors (Lipinski definition) is 5. The van der Waals surface area contributed by atoms with Crippen LogP contribution in [-0.4, -0.2) is 49.2 Å². The molecule has 2 aromatic rings. The first-order chi connectivity index (χ1) is 11.3. The van der Waals surface area contributed by atoms with Crippen molar-refractivity contribution in [3.05, 3.63) is 41.4 Å². The first-order valence-electron chi connectivity index (χ1n) is 7.57. The predicted molar refractivity (Wildman–Crippen MR) is 91.1 cm³/mol. The molecule has 2 amide bonds. The Labute approximate surface area is 139 Å². The summed E-state index contributed by atoms with van der Waals surface area (Å²) >= 11 is 1.63. The van der Waals surface area contributed by atoms with Crippen molar-refractivity contribution in [2.45, 2.75) is 6.54 Å². The Balaban J connectivity index is 1.50. The van der Waals surface area contributed by atoms with Crippen LogP contribution in [0, 0.1) is 0 Å². The fourth-order valence-corrected chi connectivity index (χ4v) is 3.30. The number of anilines is 1. The number of para-hydroxylation sites is 1. The number of hydrogen-bond donors (Lipinski definition) is 1. The number of benzene rings is 1. The van der Waals surface area contributed by atoms with Crippen LogP contribution in [0.3, 0.4) is 0 Å². The van der Waals surface area contributed by atoms with Gasteiger partial charge in [-0.1, -0.05) is 18.2 Å². The number of carbonyl (C=O) groups excluding carboxylic acids is 1. The number of aromatic nitrogens is 1. The molecule has 0 atom stereocenters. The van der Waals surface area contributed by atoms with Gasteiger partial charge in [0.05, 0.1) is 7.11 Å². The molecule has 0 saturated carbocycles. The van der Waals surface area contributed by atoms with Crippen LogP contribution in [0.2, 0.25) is 0 Å². The third-order valence-corrected chi connectivity index (χ3v) is 4.71. The maximum atomic E-state index is 12.3. The topological polar surface area (TPSA) is 57.7 Å². The first kappa shape index (κ1) is 15.6. The molecular weight excluding hydrogens is 312 g/mol. The molecule has 6 nitrogen and oxygen atoms in total. The van der Waals surface area contributed by atoms with Gasteiger partial charge in [-0.05, 0) is 6.07 Å². The zero-order chi connectivity index (χ0) is 16.1. The summed E-state index contributed by atoms with van der Waals surface area (Å²) in [5.74, 6) is 0.793. The summed E-state index contributed by atoms with van der Waals surface area (Å²) in [7, 11) is 1.64. The van der Waals surface area contributed by atoms with Crippen molar-refractivity contribution < 1.29 is 9.53 Å². The lowest BCUT2D eigenvalue weighted by Crippen LogP contribution is -2.51. The third kappa shape index (κ3) is 3.73. The number of amides is 2. The van der Waals surface area contributed by atoms with E-state index in [0.717, 1.165) is 29.5 Å². The largest absolute Gasteiger partial charge is 0.496 e. The van der Waals surface area contributed by atoms with Crippen LogP contribution in [0.4, 0.5) is 9.93 Å². The van der Waals surface area contributed by atoms with Gasteiger partial charge in [-0.3, -0.25) is 0 Å². The highest BCUT2D eigenvalue weighted by Crippen LogP contribution is 2.19. The second kappa shape index (κ2) is 7.32. The van der Waals surface area contributed by atoms with Gasteiger partial charge in [0.1, 0.15) is 5.75 Å². The molecule has 1 aromatic carbocycles. The quantitative estimate of drug-likeness (QED) is 0.932. The van der Waals surface area contributed by atoms with E-state index < -0.39 is 0 Å². The number of nitrogens with one attached hydrogen (secondary N) is 1. The molecule has 1 aliphatic heterocycles. The number of rotatable bonds is 4. The summed E-state index contributed by atoms with van der Waals surface area (Å²) in [5.41, 5.74) is 0.977. The first-order valence-corrected chi connectivity index (χ1v) is 8.45. The molecule has 1 aromatic heterocycles. The predicted octanol–water partition coefficient (Wildman–Crippen LogP) is 2.18. The van der Waals surface area contributed by atoms with E-state index in [1.54, 1.807) is 18.4 Å². The van der Waals surface area contributed by atoms with Crippen LogP contribution < -0.4 is 15.0 Å². The number of methoxy groups -OCH3 is 1. The van der Waals surface area contributed by atoms with E-state index in [-0.39, 0.29) is 6.03 Å². The minimum Gasteiger partial charge on any atom is -0.496 e. The Morgan fingerprint density at radius 1 is 1.30 bits per heavy atom.